The molecule has 2 N–H and O–H groups in total. The van der Waals surface area contributed by atoms with Crippen LogP contribution in [-0.2, 0) is 13.5 Å². The van der Waals surface area contributed by atoms with Gasteiger partial charge in [0, 0.05) is 62.1 Å². The van der Waals surface area contributed by atoms with E-state index in [1.165, 1.54) is 0 Å². The number of hydrogen-bond acceptors (Lipinski definition) is 6. The van der Waals surface area contributed by atoms with Gasteiger partial charge in [-0.3, -0.25) is 9.88 Å². The average Bonchev–Trinajstić information content (AvgIpc) is 3.45. The van der Waals surface area contributed by atoms with Crippen molar-refractivity contribution in [1.29, 1.82) is 5.26 Å². The minimum atomic E-state index is -0.797. The van der Waals surface area contributed by atoms with Gasteiger partial charge in [0.25, 0.3) is 0 Å². The fourth-order valence-electron chi connectivity index (χ4n) is 5.31. The van der Waals surface area contributed by atoms with Crippen molar-refractivity contribution >= 4 is 23.3 Å². The molecule has 1 aliphatic heterocycles. The third kappa shape index (κ3) is 6.29. The third-order valence-electron chi connectivity index (χ3n) is 7.49. The number of aliphatic hydroxyl groups is 1. The lowest BCUT2D eigenvalue weighted by Crippen LogP contribution is -2.51. The molecule has 10 heteroatoms. The van der Waals surface area contributed by atoms with Gasteiger partial charge in [-0.1, -0.05) is 23.6 Å². The Labute approximate surface area is 250 Å². The molecule has 0 saturated carbocycles. The molecular formula is C32H30ClN7O2. The Bertz CT molecular complexity index is 1650. The Morgan fingerprint density at radius 3 is 2.60 bits per heavy atom. The van der Waals surface area contributed by atoms with Crippen LogP contribution in [0.2, 0.25) is 5.02 Å². The van der Waals surface area contributed by atoms with Gasteiger partial charge in [-0.2, -0.15) is 5.26 Å². The predicted octanol–water partition coefficient (Wildman–Crippen LogP) is 4.54. The number of aryl methyl sites for hydroxylation is 1. The number of nitriles is 1. The molecule has 42 heavy (non-hydrogen) atoms. The largest absolute Gasteiger partial charge is 0.386 e. The Balaban J connectivity index is 1.42. The second-order valence-corrected chi connectivity index (χ2v) is 10.6. The molecule has 5 rings (SSSR count). The fraction of sp³-hybridized carbons (Fsp3) is 0.250. The second kappa shape index (κ2) is 12.9. The molecule has 1 unspecified atom stereocenters. The molecular weight excluding hydrogens is 550 g/mol. The SMILES string of the molecule is C#Cc1cccnc1[C@H](c1ccc(Cl)cc1CC(O)c1cncn1C)N1CCN(C(=O)Nc2ccc(C#N)cc2)CC1. The number of urea groups is 1. The molecule has 0 radical (unpaired) electrons. The lowest BCUT2D eigenvalue weighted by atomic mass is 9.90. The Morgan fingerprint density at radius 1 is 1.17 bits per heavy atom. The van der Waals surface area contributed by atoms with Crippen molar-refractivity contribution in [2.45, 2.75) is 18.6 Å². The van der Waals surface area contributed by atoms with E-state index in [0.717, 1.165) is 16.8 Å². The topological polar surface area (TPSA) is 110 Å². The number of nitrogens with zero attached hydrogens (tertiary/aromatic N) is 6. The number of aliphatic hydroxyl groups excluding tert-OH is 1. The highest BCUT2D eigenvalue weighted by Crippen LogP contribution is 2.35. The van der Waals surface area contributed by atoms with Gasteiger partial charge in [0.05, 0.1) is 47.7 Å². The number of imidazole rings is 1. The molecule has 212 valence electrons. The molecule has 1 aliphatic rings. The summed E-state index contributed by atoms with van der Waals surface area (Å²) in [5.41, 5.74) is 5.07. The van der Waals surface area contributed by atoms with Crippen LogP contribution in [-0.4, -0.2) is 61.7 Å². The van der Waals surface area contributed by atoms with Crippen molar-refractivity contribution in [2.24, 2.45) is 7.05 Å². The van der Waals surface area contributed by atoms with Crippen LogP contribution in [0, 0.1) is 23.7 Å². The van der Waals surface area contributed by atoms with Crippen LogP contribution in [0.1, 0.15) is 45.8 Å². The van der Waals surface area contributed by atoms with Crippen LogP contribution in [0.5, 0.6) is 0 Å². The minimum absolute atomic E-state index is 0.204. The molecule has 2 atom stereocenters. The molecule has 1 fully saturated rings. The maximum atomic E-state index is 13.0. The van der Waals surface area contributed by atoms with Crippen LogP contribution in [0.4, 0.5) is 10.5 Å². The van der Waals surface area contributed by atoms with Gasteiger partial charge in [0.1, 0.15) is 0 Å². The zero-order valence-corrected chi connectivity index (χ0v) is 23.9. The zero-order chi connectivity index (χ0) is 29.6. The number of hydrogen-bond donors (Lipinski definition) is 2. The number of benzene rings is 2. The van der Waals surface area contributed by atoms with Gasteiger partial charge in [0.15, 0.2) is 0 Å². The Kier molecular flexibility index (Phi) is 8.85. The van der Waals surface area contributed by atoms with Gasteiger partial charge in [-0.25, -0.2) is 9.78 Å². The summed E-state index contributed by atoms with van der Waals surface area (Å²) >= 11 is 6.46. The lowest BCUT2D eigenvalue weighted by molar-refractivity contribution is 0.124. The van der Waals surface area contributed by atoms with Gasteiger partial charge >= 0.3 is 6.03 Å². The van der Waals surface area contributed by atoms with Crippen LogP contribution in [0.3, 0.4) is 0 Å². The van der Waals surface area contributed by atoms with Crippen LogP contribution in [0.25, 0.3) is 0 Å². The van der Waals surface area contributed by atoms with E-state index in [1.54, 1.807) is 52.5 Å². The number of aromatic nitrogens is 3. The van der Waals surface area contributed by atoms with Crippen molar-refractivity contribution in [2.75, 3.05) is 31.5 Å². The van der Waals surface area contributed by atoms with Gasteiger partial charge in [0.2, 0.25) is 0 Å². The van der Waals surface area contributed by atoms with E-state index < -0.39 is 6.10 Å². The summed E-state index contributed by atoms with van der Waals surface area (Å²) in [4.78, 5) is 25.9. The number of rotatable bonds is 7. The quantitative estimate of drug-likeness (QED) is 0.311. The number of carbonyl (C=O) groups is 1. The number of piperazine rings is 1. The standard InChI is InChI=1S/C32H30ClN7O2/c1-3-23-5-4-12-36-30(23)31(27-11-8-25(33)17-24(27)18-29(41)28-20-35-21-38(28)2)39-13-15-40(16-14-39)32(42)37-26-9-6-22(19-34)7-10-26/h1,4-12,17,20-21,29,31,41H,13-16,18H2,2H3,(H,37,42)/t29?,31-/m0/s1. The van der Waals surface area contributed by atoms with E-state index in [9.17, 15) is 9.90 Å². The normalized spacial score (nSPS) is 14.9. The summed E-state index contributed by atoms with van der Waals surface area (Å²) in [6, 6.07) is 17.7. The van der Waals surface area contributed by atoms with Crippen LogP contribution >= 0.6 is 11.6 Å². The highest BCUT2D eigenvalue weighted by atomic mass is 35.5. The zero-order valence-electron chi connectivity index (χ0n) is 23.1. The van der Waals surface area contributed by atoms with Crippen molar-refractivity contribution < 1.29 is 9.90 Å². The fourth-order valence-corrected chi connectivity index (χ4v) is 5.50. The number of anilines is 1. The number of amides is 2. The first kappa shape index (κ1) is 28.8. The van der Waals surface area contributed by atoms with E-state index in [1.807, 2.05) is 37.4 Å². The third-order valence-corrected chi connectivity index (χ3v) is 7.73. The molecule has 2 aromatic carbocycles. The van der Waals surface area contributed by atoms with E-state index in [4.69, 9.17) is 28.3 Å². The maximum absolute atomic E-state index is 13.0. The second-order valence-electron chi connectivity index (χ2n) is 10.1. The van der Waals surface area contributed by atoms with Crippen molar-refractivity contribution in [3.63, 3.8) is 0 Å². The van der Waals surface area contributed by atoms with Gasteiger partial charge in [-0.05, 0) is 59.7 Å². The summed E-state index contributed by atoms with van der Waals surface area (Å²) < 4.78 is 1.80. The van der Waals surface area contributed by atoms with E-state index >= 15 is 0 Å². The first-order valence-electron chi connectivity index (χ1n) is 13.5. The van der Waals surface area contributed by atoms with E-state index in [-0.39, 0.29) is 12.1 Å². The highest BCUT2D eigenvalue weighted by molar-refractivity contribution is 6.30. The van der Waals surface area contributed by atoms with Crippen molar-refractivity contribution in [1.82, 2.24) is 24.3 Å². The summed E-state index contributed by atoms with van der Waals surface area (Å²) in [5.74, 6) is 2.78. The number of carbonyl (C=O) groups excluding carboxylic acids is 1. The molecule has 3 heterocycles. The molecule has 1 saturated heterocycles. The van der Waals surface area contributed by atoms with E-state index in [0.29, 0.717) is 60.1 Å². The molecule has 4 aromatic rings. The molecule has 0 aliphatic carbocycles. The summed E-state index contributed by atoms with van der Waals surface area (Å²) in [7, 11) is 1.84. The monoisotopic (exact) mass is 579 g/mol. The van der Waals surface area contributed by atoms with Crippen molar-refractivity contribution in [3.8, 4) is 18.4 Å². The maximum Gasteiger partial charge on any atom is 0.321 e. The number of halogens is 1. The first-order chi connectivity index (χ1) is 20.4. The summed E-state index contributed by atoms with van der Waals surface area (Å²) in [5, 5.41) is 23.6. The number of pyridine rings is 1. The van der Waals surface area contributed by atoms with Crippen molar-refractivity contribution in [3.05, 3.63) is 112 Å². The van der Waals surface area contributed by atoms with Gasteiger partial charge in [-0.15, -0.1) is 6.42 Å². The number of nitrogens with one attached hydrogen (secondary N) is 1. The van der Waals surface area contributed by atoms with E-state index in [2.05, 4.69) is 27.2 Å². The molecule has 0 spiro atoms. The lowest BCUT2D eigenvalue weighted by Gasteiger charge is -2.40. The predicted molar refractivity (Wildman–Crippen MR) is 161 cm³/mol. The average molecular weight is 580 g/mol. The molecule has 9 nitrogen and oxygen atoms in total. The highest BCUT2D eigenvalue weighted by Gasteiger charge is 2.32. The minimum Gasteiger partial charge on any atom is -0.386 e. The van der Waals surface area contributed by atoms with Crippen LogP contribution < -0.4 is 5.32 Å². The number of terminal acetylenes is 1. The Morgan fingerprint density at radius 2 is 1.93 bits per heavy atom. The Hall–Kier alpha value is -4.67. The molecule has 0 bridgehead atoms. The molecule has 2 amide bonds. The molecule has 2 aromatic heterocycles. The summed E-state index contributed by atoms with van der Waals surface area (Å²) in [6.07, 6.45) is 10.5. The van der Waals surface area contributed by atoms with Gasteiger partial charge < -0.3 is 19.9 Å². The first-order valence-corrected chi connectivity index (χ1v) is 13.9. The smallest absolute Gasteiger partial charge is 0.321 e. The van der Waals surface area contributed by atoms with Crippen LogP contribution in [0.15, 0.2) is 73.3 Å². The summed E-state index contributed by atoms with van der Waals surface area (Å²) in [6.45, 7) is 2.10.